The summed E-state index contributed by atoms with van der Waals surface area (Å²) in [5.74, 6) is 1.29. The molecule has 0 fully saturated rings. The minimum Gasteiger partial charge on any atom is -0.368 e. The minimum atomic E-state index is 0.526. The molecule has 1 aliphatic carbocycles. The Balaban J connectivity index is 1.58. The molecule has 3 rings (SSSR count). The van der Waals surface area contributed by atoms with E-state index in [-0.39, 0.29) is 0 Å². The van der Waals surface area contributed by atoms with Crippen LogP contribution in [0, 0.1) is 0 Å². The number of nitrogens with one attached hydrogen (secondary N) is 2. The maximum absolute atomic E-state index is 4.51. The van der Waals surface area contributed by atoms with Crippen LogP contribution in [0.2, 0.25) is 0 Å². The zero-order chi connectivity index (χ0) is 16.6. The van der Waals surface area contributed by atoms with Crippen molar-refractivity contribution in [1.82, 2.24) is 15.2 Å². The van der Waals surface area contributed by atoms with Gasteiger partial charge in [-0.2, -0.15) is 10.1 Å². The van der Waals surface area contributed by atoms with Gasteiger partial charge in [-0.3, -0.25) is 0 Å². The van der Waals surface area contributed by atoms with Crippen molar-refractivity contribution in [3.63, 3.8) is 0 Å². The fraction of sp³-hybridized carbons (Fsp3) is 0.421. The second-order valence-electron chi connectivity index (χ2n) is 6.09. The van der Waals surface area contributed by atoms with Crippen molar-refractivity contribution in [3.05, 3.63) is 47.7 Å². The van der Waals surface area contributed by atoms with Crippen LogP contribution in [0.4, 0.5) is 17.5 Å². The fourth-order valence-corrected chi connectivity index (χ4v) is 3.00. The molecule has 2 aromatic rings. The minimum absolute atomic E-state index is 0.526. The van der Waals surface area contributed by atoms with Gasteiger partial charge in [-0.25, -0.2) is 0 Å². The molecule has 0 saturated heterocycles. The largest absolute Gasteiger partial charge is 0.368 e. The van der Waals surface area contributed by atoms with Crippen LogP contribution in [-0.4, -0.2) is 21.7 Å². The Morgan fingerprint density at radius 3 is 2.92 bits per heavy atom. The van der Waals surface area contributed by atoms with Gasteiger partial charge in [-0.1, -0.05) is 36.8 Å². The summed E-state index contributed by atoms with van der Waals surface area (Å²) in [6.07, 6.45) is 11.2. The predicted molar refractivity (Wildman–Crippen MR) is 98.6 cm³/mol. The van der Waals surface area contributed by atoms with Gasteiger partial charge in [0.2, 0.25) is 5.95 Å². The molecule has 0 radical (unpaired) electrons. The fourth-order valence-electron chi connectivity index (χ4n) is 3.00. The number of nitrogens with zero attached hydrogens (tertiary/aromatic N) is 3. The van der Waals surface area contributed by atoms with E-state index in [1.807, 2.05) is 18.2 Å². The quantitative estimate of drug-likeness (QED) is 0.736. The molecular weight excluding hydrogens is 298 g/mol. The van der Waals surface area contributed by atoms with E-state index in [0.29, 0.717) is 5.95 Å². The molecule has 1 heterocycles. The molecule has 1 aromatic carbocycles. The number of hydrogen-bond acceptors (Lipinski definition) is 5. The van der Waals surface area contributed by atoms with E-state index >= 15 is 0 Å². The standard InChI is InChI=1S/C19H25N5/c1-2-16-10-6-7-11-17(16)22-19-23-18(14-21-24-19)20-13-12-15-8-4-3-5-9-15/h6-8,10-11,14H,2-5,9,12-13H2,1H3,(H2,20,22,23,24). The zero-order valence-electron chi connectivity index (χ0n) is 14.3. The van der Waals surface area contributed by atoms with E-state index in [1.54, 1.807) is 11.8 Å². The van der Waals surface area contributed by atoms with Gasteiger partial charge in [0.05, 0.1) is 6.20 Å². The average molecular weight is 323 g/mol. The number of rotatable bonds is 7. The van der Waals surface area contributed by atoms with Crippen molar-refractivity contribution in [1.29, 1.82) is 0 Å². The van der Waals surface area contributed by atoms with Crippen LogP contribution in [-0.2, 0) is 6.42 Å². The van der Waals surface area contributed by atoms with Gasteiger partial charge >= 0.3 is 0 Å². The van der Waals surface area contributed by atoms with Crippen LogP contribution < -0.4 is 10.6 Å². The van der Waals surface area contributed by atoms with Gasteiger partial charge in [-0.15, -0.1) is 5.10 Å². The molecule has 24 heavy (non-hydrogen) atoms. The van der Waals surface area contributed by atoms with E-state index in [9.17, 15) is 0 Å². The van der Waals surface area contributed by atoms with Crippen LogP contribution in [0.25, 0.3) is 0 Å². The normalized spacial score (nSPS) is 14.1. The Labute approximate surface area is 143 Å². The average Bonchev–Trinajstić information content (AvgIpc) is 2.63. The molecule has 126 valence electrons. The highest BCUT2D eigenvalue weighted by Gasteiger charge is 2.06. The summed E-state index contributed by atoms with van der Waals surface area (Å²) in [5, 5.41) is 14.8. The topological polar surface area (TPSA) is 62.7 Å². The van der Waals surface area contributed by atoms with Crippen molar-refractivity contribution >= 4 is 17.5 Å². The number of benzene rings is 1. The number of aryl methyl sites for hydroxylation is 1. The number of anilines is 3. The first-order valence-corrected chi connectivity index (χ1v) is 8.81. The first-order valence-electron chi connectivity index (χ1n) is 8.81. The Morgan fingerprint density at radius 2 is 2.08 bits per heavy atom. The van der Waals surface area contributed by atoms with Crippen LogP contribution in [0.1, 0.15) is 44.6 Å². The maximum atomic E-state index is 4.51. The van der Waals surface area contributed by atoms with E-state index in [2.05, 4.69) is 44.9 Å². The molecule has 5 heteroatoms. The third kappa shape index (κ3) is 4.54. The van der Waals surface area contributed by atoms with Crippen LogP contribution >= 0.6 is 0 Å². The van der Waals surface area contributed by atoms with E-state index in [4.69, 9.17) is 0 Å². The SMILES string of the molecule is CCc1ccccc1Nc1nncc(NCCC2=CCCCC2)n1. The Bertz CT molecular complexity index is 696. The molecule has 0 spiro atoms. The van der Waals surface area contributed by atoms with Gasteiger partial charge in [0.25, 0.3) is 0 Å². The lowest BCUT2D eigenvalue weighted by Gasteiger charge is -2.13. The summed E-state index contributed by atoms with van der Waals surface area (Å²) >= 11 is 0. The molecule has 0 saturated carbocycles. The highest BCUT2D eigenvalue weighted by atomic mass is 15.3. The van der Waals surface area contributed by atoms with Gasteiger partial charge in [0.15, 0.2) is 5.82 Å². The smallest absolute Gasteiger partial charge is 0.249 e. The van der Waals surface area contributed by atoms with Crippen molar-refractivity contribution in [2.75, 3.05) is 17.2 Å². The van der Waals surface area contributed by atoms with E-state index in [1.165, 1.54) is 31.2 Å². The molecular formula is C19H25N5. The summed E-state index contributed by atoms with van der Waals surface area (Å²) < 4.78 is 0. The summed E-state index contributed by atoms with van der Waals surface area (Å²) in [7, 11) is 0. The van der Waals surface area contributed by atoms with Gasteiger partial charge in [-0.05, 0) is 50.2 Å². The molecule has 0 unspecified atom stereocenters. The van der Waals surface area contributed by atoms with E-state index in [0.717, 1.165) is 30.9 Å². The number of allylic oxidation sites excluding steroid dienone is 1. The van der Waals surface area contributed by atoms with Crippen LogP contribution in [0.3, 0.4) is 0 Å². The highest BCUT2D eigenvalue weighted by molar-refractivity contribution is 5.58. The Morgan fingerprint density at radius 1 is 1.17 bits per heavy atom. The second-order valence-corrected chi connectivity index (χ2v) is 6.09. The van der Waals surface area contributed by atoms with Gasteiger partial charge in [0, 0.05) is 12.2 Å². The van der Waals surface area contributed by atoms with Crippen LogP contribution in [0.5, 0.6) is 0 Å². The first kappa shape index (κ1) is 16.4. The summed E-state index contributed by atoms with van der Waals surface area (Å²) in [4.78, 5) is 4.51. The molecule has 1 aliphatic rings. The van der Waals surface area contributed by atoms with Crippen molar-refractivity contribution in [3.8, 4) is 0 Å². The lowest BCUT2D eigenvalue weighted by Crippen LogP contribution is -2.08. The number of hydrogen-bond donors (Lipinski definition) is 2. The monoisotopic (exact) mass is 323 g/mol. The van der Waals surface area contributed by atoms with Crippen molar-refractivity contribution in [2.24, 2.45) is 0 Å². The molecule has 5 nitrogen and oxygen atoms in total. The number of para-hydroxylation sites is 1. The van der Waals surface area contributed by atoms with Crippen molar-refractivity contribution < 1.29 is 0 Å². The second kappa shape index (κ2) is 8.43. The zero-order valence-corrected chi connectivity index (χ0v) is 14.3. The molecule has 0 atom stereocenters. The molecule has 0 aliphatic heterocycles. The van der Waals surface area contributed by atoms with E-state index < -0.39 is 0 Å². The maximum Gasteiger partial charge on any atom is 0.249 e. The molecule has 1 aromatic heterocycles. The lowest BCUT2D eigenvalue weighted by molar-refractivity contribution is 0.679. The lowest BCUT2D eigenvalue weighted by atomic mass is 9.97. The van der Waals surface area contributed by atoms with Crippen molar-refractivity contribution in [2.45, 2.75) is 45.4 Å². The Hall–Kier alpha value is -2.43. The molecule has 0 amide bonds. The first-order chi connectivity index (χ1) is 11.8. The molecule has 2 N–H and O–H groups in total. The van der Waals surface area contributed by atoms with Crippen LogP contribution in [0.15, 0.2) is 42.1 Å². The Kier molecular flexibility index (Phi) is 5.77. The summed E-state index contributed by atoms with van der Waals surface area (Å²) in [6, 6.07) is 8.20. The van der Waals surface area contributed by atoms with Gasteiger partial charge in [0.1, 0.15) is 0 Å². The summed E-state index contributed by atoms with van der Waals surface area (Å²) in [6.45, 7) is 3.02. The summed E-state index contributed by atoms with van der Waals surface area (Å²) in [5.41, 5.74) is 3.83. The third-order valence-corrected chi connectivity index (χ3v) is 4.34. The molecule has 0 bridgehead atoms. The highest BCUT2D eigenvalue weighted by Crippen LogP contribution is 2.21. The van der Waals surface area contributed by atoms with Gasteiger partial charge < -0.3 is 10.6 Å². The number of aromatic nitrogens is 3. The predicted octanol–water partition coefficient (Wildman–Crippen LogP) is 4.48. The third-order valence-electron chi connectivity index (χ3n) is 4.34.